The number of carbonyl (C=O) groups is 3. The van der Waals surface area contributed by atoms with E-state index in [2.05, 4.69) is 4.74 Å². The summed E-state index contributed by atoms with van der Waals surface area (Å²) in [4.78, 5) is 37.3. The van der Waals surface area contributed by atoms with Crippen LogP contribution in [-0.2, 0) is 28.6 Å². The molecule has 0 saturated carbocycles. The molecular weight excluding hydrogens is 390 g/mol. The molecule has 1 atom stereocenters. The number of rotatable bonds is 5. The number of benzene rings is 1. The lowest BCUT2D eigenvalue weighted by Crippen LogP contribution is -2.35. The minimum absolute atomic E-state index is 0.0263. The third kappa shape index (κ3) is 4.03. The van der Waals surface area contributed by atoms with E-state index < -0.39 is 17.9 Å². The number of esters is 2. The Kier molecular flexibility index (Phi) is 5.87. The zero-order valence-electron chi connectivity index (χ0n) is 17.4. The maximum absolute atomic E-state index is 13.1. The van der Waals surface area contributed by atoms with Crippen LogP contribution in [0.25, 0.3) is 0 Å². The van der Waals surface area contributed by atoms with Gasteiger partial charge in [0, 0.05) is 24.0 Å². The van der Waals surface area contributed by atoms with Gasteiger partial charge in [-0.15, -0.1) is 0 Å². The quantitative estimate of drug-likeness (QED) is 0.729. The summed E-state index contributed by atoms with van der Waals surface area (Å²) >= 11 is 0. The number of methoxy groups -OCH3 is 2. The molecule has 0 saturated heterocycles. The summed E-state index contributed by atoms with van der Waals surface area (Å²) in [5, 5.41) is 0. The summed E-state index contributed by atoms with van der Waals surface area (Å²) in [6.45, 7) is 3.61. The summed E-state index contributed by atoms with van der Waals surface area (Å²) in [5.41, 5.74) is 6.71. The lowest BCUT2D eigenvalue weighted by atomic mass is 9.70. The van der Waals surface area contributed by atoms with Crippen molar-refractivity contribution in [3.63, 3.8) is 0 Å². The Hall–Kier alpha value is -3.29. The van der Waals surface area contributed by atoms with Crippen molar-refractivity contribution in [1.82, 2.24) is 0 Å². The van der Waals surface area contributed by atoms with E-state index in [0.29, 0.717) is 35.5 Å². The van der Waals surface area contributed by atoms with Crippen molar-refractivity contribution in [2.75, 3.05) is 20.8 Å². The Balaban J connectivity index is 2.16. The average Bonchev–Trinajstić information content (AvgIpc) is 2.69. The highest BCUT2D eigenvalue weighted by Crippen LogP contribution is 2.49. The van der Waals surface area contributed by atoms with Crippen molar-refractivity contribution in [2.24, 2.45) is 11.1 Å². The van der Waals surface area contributed by atoms with Crippen LogP contribution >= 0.6 is 0 Å². The van der Waals surface area contributed by atoms with Crippen LogP contribution in [0.2, 0.25) is 0 Å². The Labute approximate surface area is 174 Å². The number of Topliss-reactive ketones (excluding diaryl/α,β-unsaturated/α-hetero) is 1. The van der Waals surface area contributed by atoms with E-state index in [4.69, 9.17) is 19.9 Å². The molecule has 0 amide bonds. The topological polar surface area (TPSA) is 114 Å². The second kappa shape index (κ2) is 8.22. The minimum atomic E-state index is -0.835. The molecule has 0 fully saturated rings. The van der Waals surface area contributed by atoms with Gasteiger partial charge in [0.2, 0.25) is 5.88 Å². The third-order valence-corrected chi connectivity index (χ3v) is 5.16. The normalized spacial score (nSPS) is 20.3. The Morgan fingerprint density at radius 2 is 1.87 bits per heavy atom. The standard InChI is InChI=1S/C22H25NO7/c1-22(2)9-13(24)18-15(10-22)30-20(23)19(21(26)28-4)17(18)12-7-5-6-8-14(12)29-11-16(25)27-3/h5-8,17H,9-11,23H2,1-4H3/t17-/m0/s1. The molecule has 1 aromatic rings. The molecule has 0 spiro atoms. The Morgan fingerprint density at radius 3 is 2.53 bits per heavy atom. The lowest BCUT2D eigenvalue weighted by Gasteiger charge is -2.38. The van der Waals surface area contributed by atoms with Gasteiger partial charge in [-0.1, -0.05) is 32.0 Å². The molecule has 0 aromatic heterocycles. The van der Waals surface area contributed by atoms with Crippen molar-refractivity contribution < 1.29 is 33.3 Å². The molecule has 1 aliphatic carbocycles. The molecule has 0 radical (unpaired) electrons. The molecule has 3 rings (SSSR count). The van der Waals surface area contributed by atoms with Crippen molar-refractivity contribution in [2.45, 2.75) is 32.6 Å². The van der Waals surface area contributed by atoms with Gasteiger partial charge in [0.1, 0.15) is 17.1 Å². The van der Waals surface area contributed by atoms with Crippen LogP contribution in [0.1, 0.15) is 38.2 Å². The Morgan fingerprint density at radius 1 is 1.17 bits per heavy atom. The first kappa shape index (κ1) is 21.4. The monoisotopic (exact) mass is 415 g/mol. The highest BCUT2D eigenvalue weighted by atomic mass is 16.6. The maximum atomic E-state index is 13.1. The summed E-state index contributed by atoms with van der Waals surface area (Å²) < 4.78 is 20.9. The number of ether oxygens (including phenoxy) is 4. The first-order valence-electron chi connectivity index (χ1n) is 9.49. The van der Waals surface area contributed by atoms with E-state index in [1.165, 1.54) is 14.2 Å². The van der Waals surface area contributed by atoms with Gasteiger partial charge in [-0.25, -0.2) is 9.59 Å². The third-order valence-electron chi connectivity index (χ3n) is 5.16. The average molecular weight is 415 g/mol. The summed E-state index contributed by atoms with van der Waals surface area (Å²) in [6, 6.07) is 6.84. The van der Waals surface area contributed by atoms with Gasteiger partial charge in [0.25, 0.3) is 0 Å². The summed E-state index contributed by atoms with van der Waals surface area (Å²) in [5.74, 6) is -1.58. The molecule has 1 heterocycles. The second-order valence-corrected chi connectivity index (χ2v) is 7.99. The lowest BCUT2D eigenvalue weighted by molar-refractivity contribution is -0.143. The number of para-hydroxylation sites is 1. The molecule has 30 heavy (non-hydrogen) atoms. The number of allylic oxidation sites excluding steroid dienone is 2. The smallest absolute Gasteiger partial charge is 0.343 e. The number of hydrogen-bond donors (Lipinski definition) is 1. The van der Waals surface area contributed by atoms with E-state index in [0.717, 1.165) is 0 Å². The zero-order valence-corrected chi connectivity index (χ0v) is 17.4. The molecule has 2 N–H and O–H groups in total. The molecule has 0 bridgehead atoms. The van der Waals surface area contributed by atoms with Crippen LogP contribution in [-0.4, -0.2) is 38.5 Å². The van der Waals surface area contributed by atoms with Crippen molar-refractivity contribution in [1.29, 1.82) is 0 Å². The predicted octanol–water partition coefficient (Wildman–Crippen LogP) is 2.34. The van der Waals surface area contributed by atoms with Crippen LogP contribution in [0, 0.1) is 5.41 Å². The zero-order chi connectivity index (χ0) is 22.1. The predicted molar refractivity (Wildman–Crippen MR) is 106 cm³/mol. The van der Waals surface area contributed by atoms with Gasteiger partial charge in [-0.2, -0.15) is 0 Å². The minimum Gasteiger partial charge on any atom is -0.482 e. The van der Waals surface area contributed by atoms with Crippen LogP contribution in [0.5, 0.6) is 5.75 Å². The van der Waals surface area contributed by atoms with Crippen molar-refractivity contribution >= 4 is 17.7 Å². The van der Waals surface area contributed by atoms with Gasteiger partial charge in [-0.05, 0) is 11.5 Å². The highest BCUT2D eigenvalue weighted by molar-refractivity contribution is 6.03. The molecule has 2 aliphatic rings. The SMILES string of the molecule is COC(=O)COc1ccccc1[C@@H]1C(C(=O)OC)=C(N)OC2=C1C(=O)CC(C)(C)C2. The van der Waals surface area contributed by atoms with E-state index in [-0.39, 0.29) is 29.3 Å². The van der Waals surface area contributed by atoms with E-state index in [1.807, 2.05) is 13.8 Å². The fraction of sp³-hybridized carbons (Fsp3) is 0.409. The van der Waals surface area contributed by atoms with E-state index in [9.17, 15) is 14.4 Å². The molecular formula is C22H25NO7. The largest absolute Gasteiger partial charge is 0.482 e. The number of carbonyl (C=O) groups excluding carboxylic acids is 3. The molecule has 160 valence electrons. The van der Waals surface area contributed by atoms with Gasteiger partial charge in [0.05, 0.1) is 20.1 Å². The van der Waals surface area contributed by atoms with E-state index >= 15 is 0 Å². The molecule has 8 nitrogen and oxygen atoms in total. The van der Waals surface area contributed by atoms with Crippen LogP contribution in [0.15, 0.2) is 47.1 Å². The molecule has 1 aliphatic heterocycles. The number of hydrogen-bond acceptors (Lipinski definition) is 8. The fourth-order valence-electron chi connectivity index (χ4n) is 3.85. The first-order valence-corrected chi connectivity index (χ1v) is 9.49. The molecule has 0 unspecified atom stereocenters. The maximum Gasteiger partial charge on any atom is 0.343 e. The van der Waals surface area contributed by atoms with Crippen molar-refractivity contribution in [3.05, 3.63) is 52.6 Å². The van der Waals surface area contributed by atoms with Crippen LogP contribution in [0.4, 0.5) is 0 Å². The second-order valence-electron chi connectivity index (χ2n) is 7.99. The van der Waals surface area contributed by atoms with Gasteiger partial charge in [0.15, 0.2) is 12.4 Å². The van der Waals surface area contributed by atoms with Crippen LogP contribution in [0.3, 0.4) is 0 Å². The Bertz CT molecular complexity index is 958. The summed E-state index contributed by atoms with van der Waals surface area (Å²) in [7, 11) is 2.49. The summed E-state index contributed by atoms with van der Waals surface area (Å²) in [6.07, 6.45) is 0.788. The number of nitrogens with two attached hydrogens (primary N) is 1. The van der Waals surface area contributed by atoms with E-state index in [1.54, 1.807) is 24.3 Å². The van der Waals surface area contributed by atoms with Gasteiger partial charge >= 0.3 is 11.9 Å². The van der Waals surface area contributed by atoms with Crippen molar-refractivity contribution in [3.8, 4) is 5.75 Å². The molecule has 1 aromatic carbocycles. The van der Waals surface area contributed by atoms with Gasteiger partial charge < -0.3 is 24.7 Å². The fourth-order valence-corrected chi connectivity index (χ4v) is 3.85. The highest BCUT2D eigenvalue weighted by Gasteiger charge is 2.45. The first-order chi connectivity index (χ1) is 14.2. The molecule has 8 heteroatoms. The number of ketones is 1. The van der Waals surface area contributed by atoms with Crippen LogP contribution < -0.4 is 10.5 Å². The van der Waals surface area contributed by atoms with Gasteiger partial charge in [-0.3, -0.25) is 4.79 Å².